The molecule has 5 aliphatic rings. The molecule has 0 unspecified atom stereocenters. The summed E-state index contributed by atoms with van der Waals surface area (Å²) in [5.41, 5.74) is -0.631. The van der Waals surface area contributed by atoms with Crippen LogP contribution in [0, 0.1) is 0 Å². The molecule has 12 heteroatoms. The fourth-order valence-electron chi connectivity index (χ4n) is 5.44. The summed E-state index contributed by atoms with van der Waals surface area (Å²) in [4.78, 5) is 50.1. The lowest BCUT2D eigenvalue weighted by Gasteiger charge is -2.46. The minimum atomic E-state index is -1.51. The van der Waals surface area contributed by atoms with Crippen molar-refractivity contribution in [2.24, 2.45) is 0 Å². The first-order chi connectivity index (χ1) is 20.6. The zero-order chi connectivity index (χ0) is 30.7. The van der Waals surface area contributed by atoms with Crippen LogP contribution in [-0.4, -0.2) is 51.5 Å². The fourth-order valence-corrected chi connectivity index (χ4v) is 5.44. The van der Waals surface area contributed by atoms with Crippen molar-refractivity contribution in [3.05, 3.63) is 83.3 Å². The summed E-state index contributed by atoms with van der Waals surface area (Å²) in [5.74, 6) is -8.49. The molecule has 3 aliphatic heterocycles. The molecule has 0 aromatic rings. The average molecular weight is 597 g/mol. The first-order valence-corrected chi connectivity index (χ1v) is 14.1. The smallest absolute Gasteiger partial charge is 0.348 e. The quantitative estimate of drug-likeness (QED) is 0.150. The molecule has 0 aromatic heterocycles. The van der Waals surface area contributed by atoms with E-state index in [2.05, 4.69) is 0 Å². The van der Waals surface area contributed by atoms with Gasteiger partial charge in [0.15, 0.2) is 0 Å². The van der Waals surface area contributed by atoms with Crippen molar-refractivity contribution in [1.82, 2.24) is 0 Å². The van der Waals surface area contributed by atoms with Gasteiger partial charge in [0, 0.05) is 38.5 Å². The van der Waals surface area contributed by atoms with Gasteiger partial charge < -0.3 is 38.6 Å². The SMILES string of the molecule is C/C=C/C=C/C1=C(O)OC2(CCC3(CC2)OC(=O)C(C=CC=CC=C2C(=O)OC4(CCCCC4)OC2=O)=C(O)O3)OC1=O. The van der Waals surface area contributed by atoms with E-state index in [0.717, 1.165) is 19.3 Å². The van der Waals surface area contributed by atoms with Gasteiger partial charge in [-0.15, -0.1) is 0 Å². The summed E-state index contributed by atoms with van der Waals surface area (Å²) < 4.78 is 33.0. The molecule has 12 nitrogen and oxygen atoms in total. The summed E-state index contributed by atoms with van der Waals surface area (Å²) in [6, 6.07) is 0. The second-order valence-corrected chi connectivity index (χ2v) is 10.7. The third-order valence-electron chi connectivity index (χ3n) is 7.72. The van der Waals surface area contributed by atoms with Crippen LogP contribution in [-0.2, 0) is 47.6 Å². The molecule has 0 amide bonds. The zero-order valence-corrected chi connectivity index (χ0v) is 23.5. The normalized spacial score (nSPS) is 25.0. The summed E-state index contributed by atoms with van der Waals surface area (Å²) in [6.45, 7) is 1.80. The van der Waals surface area contributed by atoms with Gasteiger partial charge in [-0.25, -0.2) is 19.2 Å². The molecular formula is C31H32O12. The highest BCUT2D eigenvalue weighted by Crippen LogP contribution is 2.46. The molecule has 3 spiro atoms. The maximum absolute atomic E-state index is 12.8. The number of carbonyl (C=O) groups is 4. The van der Waals surface area contributed by atoms with E-state index < -0.39 is 53.1 Å². The van der Waals surface area contributed by atoms with Gasteiger partial charge in [0.1, 0.15) is 16.7 Å². The second kappa shape index (κ2) is 11.9. The van der Waals surface area contributed by atoms with Crippen molar-refractivity contribution in [3.8, 4) is 0 Å². The number of aliphatic hydroxyl groups is 2. The van der Waals surface area contributed by atoms with Crippen LogP contribution in [0.25, 0.3) is 0 Å². The number of allylic oxidation sites excluding steroid dienone is 7. The van der Waals surface area contributed by atoms with Crippen LogP contribution in [0.1, 0.15) is 64.7 Å². The van der Waals surface area contributed by atoms with E-state index >= 15 is 0 Å². The van der Waals surface area contributed by atoms with E-state index in [-0.39, 0.29) is 42.4 Å². The van der Waals surface area contributed by atoms with Gasteiger partial charge in [0.05, 0.1) is 0 Å². The van der Waals surface area contributed by atoms with Crippen molar-refractivity contribution in [2.75, 3.05) is 0 Å². The lowest BCUT2D eigenvalue weighted by molar-refractivity contribution is -0.302. The molecule has 0 atom stereocenters. The second-order valence-electron chi connectivity index (χ2n) is 10.7. The largest absolute Gasteiger partial charge is 0.480 e. The van der Waals surface area contributed by atoms with E-state index in [1.165, 1.54) is 36.5 Å². The average Bonchev–Trinajstić information content (AvgIpc) is 2.95. The molecule has 2 saturated carbocycles. The van der Waals surface area contributed by atoms with Crippen LogP contribution >= 0.6 is 0 Å². The van der Waals surface area contributed by atoms with Gasteiger partial charge in [-0.3, -0.25) is 0 Å². The Morgan fingerprint density at radius 3 is 1.44 bits per heavy atom. The molecule has 1 saturated heterocycles. The van der Waals surface area contributed by atoms with Gasteiger partial charge in [0.25, 0.3) is 29.3 Å². The Balaban J connectivity index is 1.19. The first-order valence-electron chi connectivity index (χ1n) is 14.1. The van der Waals surface area contributed by atoms with Crippen molar-refractivity contribution >= 4 is 23.9 Å². The van der Waals surface area contributed by atoms with Crippen LogP contribution in [0.4, 0.5) is 0 Å². The van der Waals surface area contributed by atoms with E-state index in [1.807, 2.05) is 0 Å². The van der Waals surface area contributed by atoms with Crippen LogP contribution < -0.4 is 0 Å². The Hall–Kier alpha value is -4.74. The van der Waals surface area contributed by atoms with Crippen molar-refractivity contribution < 1.29 is 57.8 Å². The Kier molecular flexibility index (Phi) is 8.21. The maximum atomic E-state index is 12.8. The number of aliphatic hydroxyl groups excluding tert-OH is 2. The highest BCUT2D eigenvalue weighted by molar-refractivity contribution is 6.15. The van der Waals surface area contributed by atoms with Crippen LogP contribution in [0.15, 0.2) is 83.3 Å². The van der Waals surface area contributed by atoms with E-state index in [1.54, 1.807) is 25.2 Å². The van der Waals surface area contributed by atoms with E-state index in [9.17, 15) is 29.4 Å². The minimum Gasteiger partial charge on any atom is -0.480 e. The summed E-state index contributed by atoms with van der Waals surface area (Å²) in [7, 11) is 0. The van der Waals surface area contributed by atoms with Crippen LogP contribution in [0.5, 0.6) is 0 Å². The van der Waals surface area contributed by atoms with Gasteiger partial charge in [-0.05, 0) is 38.0 Å². The third-order valence-corrected chi connectivity index (χ3v) is 7.72. The molecule has 2 aliphatic carbocycles. The van der Waals surface area contributed by atoms with Crippen molar-refractivity contribution in [3.63, 3.8) is 0 Å². The Bertz CT molecular complexity index is 1380. The van der Waals surface area contributed by atoms with Crippen LogP contribution in [0.3, 0.4) is 0 Å². The first kappa shape index (κ1) is 29.7. The molecule has 3 fully saturated rings. The van der Waals surface area contributed by atoms with Gasteiger partial charge >= 0.3 is 23.9 Å². The summed E-state index contributed by atoms with van der Waals surface area (Å²) >= 11 is 0. The highest BCUT2D eigenvalue weighted by atomic mass is 16.8. The summed E-state index contributed by atoms with van der Waals surface area (Å²) in [5, 5.41) is 20.8. The predicted molar refractivity (Wildman–Crippen MR) is 146 cm³/mol. The molecule has 0 aromatic carbocycles. The molecule has 3 heterocycles. The number of rotatable bonds is 5. The number of carbonyl (C=O) groups excluding carboxylic acids is 4. The number of hydrogen-bond acceptors (Lipinski definition) is 12. The molecule has 43 heavy (non-hydrogen) atoms. The predicted octanol–water partition coefficient (Wildman–Crippen LogP) is 4.57. The van der Waals surface area contributed by atoms with Gasteiger partial charge in [-0.2, -0.15) is 0 Å². The third kappa shape index (κ3) is 6.23. The molecule has 0 bridgehead atoms. The highest BCUT2D eigenvalue weighted by Gasteiger charge is 2.55. The standard InChI is InChI=1S/C31H32O12/c1-2-3-6-11-20-25(34)40-30(41-26(20)35)16-18-31(19-17-30)42-27(36)22(28(37)43-31)13-8-4-7-12-21-23(32)38-29(39-24(21)33)14-9-5-10-15-29/h2-4,6-8,11-13,34,36H,5,9-10,14-19H2,1H3/b3-2+,7-4?,11-6+,13-8?. The van der Waals surface area contributed by atoms with E-state index in [4.69, 9.17) is 28.4 Å². The molecule has 5 rings (SSSR count). The lowest BCUT2D eigenvalue weighted by atomic mass is 9.87. The van der Waals surface area contributed by atoms with Gasteiger partial charge in [0.2, 0.25) is 0 Å². The molecule has 2 N–H and O–H groups in total. The Labute approximate surface area is 247 Å². The lowest BCUT2D eigenvalue weighted by Crippen LogP contribution is -2.53. The Morgan fingerprint density at radius 1 is 0.535 bits per heavy atom. The number of ether oxygens (including phenoxy) is 6. The summed E-state index contributed by atoms with van der Waals surface area (Å²) in [6.07, 6.45) is 16.7. The topological polar surface area (TPSA) is 164 Å². The zero-order valence-electron chi connectivity index (χ0n) is 23.5. The molecular weight excluding hydrogens is 564 g/mol. The van der Waals surface area contributed by atoms with Crippen LogP contribution in [0.2, 0.25) is 0 Å². The van der Waals surface area contributed by atoms with Crippen molar-refractivity contribution in [2.45, 2.75) is 82.1 Å². The fraction of sp³-hybridized carbons (Fsp3) is 0.419. The molecule has 0 radical (unpaired) electrons. The van der Waals surface area contributed by atoms with Crippen molar-refractivity contribution in [1.29, 1.82) is 0 Å². The monoisotopic (exact) mass is 596 g/mol. The number of esters is 4. The number of hydrogen-bond donors (Lipinski definition) is 2. The molecule has 228 valence electrons. The Morgan fingerprint density at radius 2 is 0.977 bits per heavy atom. The minimum absolute atomic E-state index is 0.00502. The van der Waals surface area contributed by atoms with Gasteiger partial charge in [-0.1, -0.05) is 42.9 Å². The van der Waals surface area contributed by atoms with E-state index in [0.29, 0.717) is 12.8 Å². The maximum Gasteiger partial charge on any atom is 0.348 e.